The number of Topliss-reactive ketones (excluding diaryl/α,β-unsaturated/α-hetero) is 1. The van der Waals surface area contributed by atoms with Gasteiger partial charge in [0.1, 0.15) is 18.5 Å². The van der Waals surface area contributed by atoms with Crippen LogP contribution in [0, 0.1) is 11.8 Å². The molecule has 0 aliphatic heterocycles. The predicted octanol–water partition coefficient (Wildman–Crippen LogP) is 9.15. The lowest BCUT2D eigenvalue weighted by atomic mass is 9.88. The summed E-state index contributed by atoms with van der Waals surface area (Å²) in [6, 6.07) is 0. The van der Waals surface area contributed by atoms with Crippen molar-refractivity contribution in [3.63, 3.8) is 0 Å². The zero-order valence-electron chi connectivity index (χ0n) is 39.2. The lowest BCUT2D eigenvalue weighted by Gasteiger charge is -2.20. The highest BCUT2D eigenvalue weighted by Crippen LogP contribution is 2.44. The van der Waals surface area contributed by atoms with E-state index in [4.69, 9.17) is 23.8 Å². The van der Waals surface area contributed by atoms with Gasteiger partial charge in [-0.2, -0.15) is 0 Å². The third-order valence-corrected chi connectivity index (χ3v) is 11.9. The largest absolute Gasteiger partial charge is 0.472 e. The van der Waals surface area contributed by atoms with Gasteiger partial charge >= 0.3 is 27.6 Å². The molecule has 0 heterocycles. The van der Waals surface area contributed by atoms with Crippen molar-refractivity contribution >= 4 is 33.4 Å². The van der Waals surface area contributed by atoms with Gasteiger partial charge in [-0.25, -0.2) is 9.13 Å². The van der Waals surface area contributed by atoms with Crippen LogP contribution in [0.5, 0.6) is 0 Å². The Kier molecular flexibility index (Phi) is 35.3. The second-order valence-corrected chi connectivity index (χ2v) is 19.1. The first-order valence-electron chi connectivity index (χ1n) is 23.7. The zero-order chi connectivity index (χ0) is 48.9. The van der Waals surface area contributed by atoms with Crippen LogP contribution in [0.4, 0.5) is 0 Å². The van der Waals surface area contributed by atoms with Gasteiger partial charge in [0.15, 0.2) is 6.10 Å². The van der Waals surface area contributed by atoms with Gasteiger partial charge in [-0.05, 0) is 76.5 Å². The first kappa shape index (κ1) is 61.2. The molecule has 0 amide bonds. The highest BCUT2D eigenvalue weighted by molar-refractivity contribution is 7.47. The number of phosphoric ester groups is 2. The van der Waals surface area contributed by atoms with Crippen LogP contribution in [0.2, 0.25) is 0 Å². The van der Waals surface area contributed by atoms with Crippen molar-refractivity contribution in [2.24, 2.45) is 11.8 Å². The molecule has 7 atom stereocenters. The van der Waals surface area contributed by atoms with Gasteiger partial charge < -0.3 is 39.5 Å². The van der Waals surface area contributed by atoms with E-state index in [9.17, 15) is 43.7 Å². The molecule has 6 N–H and O–H groups in total. The third kappa shape index (κ3) is 34.4. The smallest absolute Gasteiger partial charge is 0.462 e. The number of carbonyl (C=O) groups excluding carboxylic acids is 3. The Balaban J connectivity index is 2.54. The number of esters is 2. The van der Waals surface area contributed by atoms with Crippen molar-refractivity contribution in [1.82, 2.24) is 0 Å². The lowest BCUT2D eigenvalue weighted by molar-refractivity contribution is -0.161. The molecule has 1 aliphatic rings. The van der Waals surface area contributed by atoms with E-state index in [2.05, 4.69) is 83.7 Å². The number of carbonyl (C=O) groups is 3. The average Bonchev–Trinajstić information content (AvgIpc) is 3.54. The molecule has 0 aromatic heterocycles. The molecule has 0 radical (unpaired) electrons. The molecule has 0 spiro atoms. The Bertz CT molecular complexity index is 1600. The summed E-state index contributed by atoms with van der Waals surface area (Å²) in [6.45, 7) is 1.23. The standard InChI is InChI=1S/C48H80O16P2/c1-3-5-7-8-9-10-11-12-13-14-15-16-17-18-19-20-21-22-27-31-47(53)60-38-42(39-63-66(58,59)62-37-41(50)36-61-65(55,56)57)64-48(54)32-28-24-23-26-30-43-44(46(52)35-45(43)51)34-33-40(49)29-25-6-4-2/h5,7,9-10,12-13,15-16,18-19,33-34,40-45,49-51H,3-4,6,8,11,14,17,20-32,35-39H2,1-2H3,(H,58,59)(H2,55,56,57)/b7-5-,10-9-,13-12-,16-15-,19-18-,34-33+/t40-,41-,42+,43+,44+,45-/m0/s1. The second kappa shape index (κ2) is 38.1. The summed E-state index contributed by atoms with van der Waals surface area (Å²) in [6.07, 6.45) is 35.1. The van der Waals surface area contributed by atoms with Crippen molar-refractivity contribution in [1.29, 1.82) is 0 Å². The topological polar surface area (TPSA) is 253 Å². The molecule has 18 heteroatoms. The van der Waals surface area contributed by atoms with E-state index in [0.717, 1.165) is 70.6 Å². The number of phosphoric acid groups is 2. The number of rotatable bonds is 40. The first-order chi connectivity index (χ1) is 31.6. The summed E-state index contributed by atoms with van der Waals surface area (Å²) < 4.78 is 47.9. The van der Waals surface area contributed by atoms with Crippen LogP contribution in [0.1, 0.15) is 149 Å². The average molecular weight is 975 g/mol. The van der Waals surface area contributed by atoms with Crippen LogP contribution < -0.4 is 0 Å². The van der Waals surface area contributed by atoms with Crippen molar-refractivity contribution in [2.75, 3.05) is 26.4 Å². The van der Waals surface area contributed by atoms with Crippen molar-refractivity contribution in [2.45, 2.75) is 173 Å². The van der Waals surface area contributed by atoms with E-state index < -0.39 is 84.3 Å². The molecule has 0 saturated heterocycles. The van der Waals surface area contributed by atoms with E-state index >= 15 is 0 Å². The number of ketones is 1. The quantitative estimate of drug-likeness (QED) is 0.0145. The lowest BCUT2D eigenvalue weighted by Crippen LogP contribution is -2.30. The normalized spacial score (nSPS) is 19.6. The van der Waals surface area contributed by atoms with Crippen molar-refractivity contribution in [3.8, 4) is 0 Å². The van der Waals surface area contributed by atoms with Crippen LogP contribution >= 0.6 is 15.6 Å². The minimum Gasteiger partial charge on any atom is -0.462 e. The number of unbranched alkanes of at least 4 members (excludes halogenated alkanes) is 8. The predicted molar refractivity (Wildman–Crippen MR) is 254 cm³/mol. The molecule has 1 saturated carbocycles. The molecule has 0 aromatic carbocycles. The number of ether oxygens (including phenoxy) is 2. The Morgan fingerprint density at radius 3 is 1.86 bits per heavy atom. The Hall–Kier alpha value is -2.85. The molecule has 0 bridgehead atoms. The molecule has 1 fully saturated rings. The first-order valence-corrected chi connectivity index (χ1v) is 26.8. The maximum atomic E-state index is 12.8. The molecule has 0 aromatic rings. The molecule has 16 nitrogen and oxygen atoms in total. The summed E-state index contributed by atoms with van der Waals surface area (Å²) in [5, 5.41) is 30.6. The number of aliphatic hydroxyl groups is 3. The van der Waals surface area contributed by atoms with Gasteiger partial charge in [-0.3, -0.25) is 28.0 Å². The van der Waals surface area contributed by atoms with Crippen molar-refractivity contribution < 1.29 is 76.6 Å². The fraction of sp³-hybridized carbons (Fsp3) is 0.688. The minimum absolute atomic E-state index is 0.0206. The Morgan fingerprint density at radius 2 is 1.24 bits per heavy atom. The van der Waals surface area contributed by atoms with E-state index in [1.54, 1.807) is 12.2 Å². The third-order valence-electron chi connectivity index (χ3n) is 10.5. The fourth-order valence-electron chi connectivity index (χ4n) is 6.87. The number of aliphatic hydroxyl groups excluding tert-OH is 3. The van der Waals surface area contributed by atoms with Crippen LogP contribution in [-0.2, 0) is 46.6 Å². The number of hydrogen-bond donors (Lipinski definition) is 6. The number of allylic oxidation sites excluding steroid dienone is 11. The molecule has 1 aliphatic carbocycles. The Labute approximate surface area is 393 Å². The van der Waals surface area contributed by atoms with Gasteiger partial charge in [0.25, 0.3) is 0 Å². The second-order valence-electron chi connectivity index (χ2n) is 16.4. The van der Waals surface area contributed by atoms with E-state index in [1.807, 2.05) is 0 Å². The van der Waals surface area contributed by atoms with Gasteiger partial charge in [-0.1, -0.05) is 132 Å². The van der Waals surface area contributed by atoms with Crippen LogP contribution in [0.25, 0.3) is 0 Å². The summed E-state index contributed by atoms with van der Waals surface area (Å²) in [5.74, 6) is -1.97. The monoisotopic (exact) mass is 974 g/mol. The summed E-state index contributed by atoms with van der Waals surface area (Å²) >= 11 is 0. The van der Waals surface area contributed by atoms with Crippen molar-refractivity contribution in [3.05, 3.63) is 72.9 Å². The molecule has 378 valence electrons. The highest BCUT2D eigenvalue weighted by atomic mass is 31.2. The summed E-state index contributed by atoms with van der Waals surface area (Å²) in [7, 11) is -9.80. The van der Waals surface area contributed by atoms with Crippen LogP contribution in [-0.4, -0.2) is 98.6 Å². The minimum atomic E-state index is -4.91. The molecule has 1 unspecified atom stereocenters. The zero-order valence-corrected chi connectivity index (χ0v) is 41.0. The van der Waals surface area contributed by atoms with Gasteiger partial charge in [0.05, 0.1) is 32.0 Å². The maximum Gasteiger partial charge on any atom is 0.472 e. The van der Waals surface area contributed by atoms with Gasteiger partial charge in [0, 0.05) is 25.2 Å². The molecule has 1 rings (SSSR count). The van der Waals surface area contributed by atoms with E-state index in [-0.39, 0.29) is 31.0 Å². The molecule has 66 heavy (non-hydrogen) atoms. The van der Waals surface area contributed by atoms with Crippen LogP contribution in [0.15, 0.2) is 72.9 Å². The van der Waals surface area contributed by atoms with Gasteiger partial charge in [0.2, 0.25) is 0 Å². The fourth-order valence-corrected chi connectivity index (χ4v) is 8.02. The summed E-state index contributed by atoms with van der Waals surface area (Å²) in [5.41, 5.74) is 0. The highest BCUT2D eigenvalue weighted by Gasteiger charge is 2.39. The molecular formula is C48H80O16P2. The Morgan fingerprint density at radius 1 is 0.682 bits per heavy atom. The van der Waals surface area contributed by atoms with Gasteiger partial charge in [-0.15, -0.1) is 0 Å². The SMILES string of the molecule is CC/C=C\C/C=C\C/C=C\C/C=C\C/C=C\CCCCCC(=O)OC[C@H](COP(=O)(O)OC[C@@H](O)COP(=O)(O)O)OC(=O)CCCCCC[C@H]1[C@@H](O)CC(=O)[C@@H]1/C=C/[C@@H](O)CCCCC. The van der Waals surface area contributed by atoms with E-state index in [0.29, 0.717) is 44.9 Å². The number of hydrogen-bond acceptors (Lipinski definition) is 13. The maximum absolute atomic E-state index is 12.8. The molecular weight excluding hydrogens is 894 g/mol. The van der Waals surface area contributed by atoms with E-state index in [1.165, 1.54) is 0 Å². The van der Waals surface area contributed by atoms with Crippen LogP contribution in [0.3, 0.4) is 0 Å². The summed E-state index contributed by atoms with van der Waals surface area (Å²) in [4.78, 5) is 65.6.